The highest BCUT2D eigenvalue weighted by atomic mass is 16.1. The van der Waals surface area contributed by atoms with E-state index in [4.69, 9.17) is 0 Å². The molecule has 0 aliphatic rings. The standard InChI is InChI=1S/C9H19NO/c1-7(2)6-9(11)8(3)10(4)5/h7-8H,6H2,1-5H3. The van der Waals surface area contributed by atoms with E-state index in [1.54, 1.807) is 0 Å². The van der Waals surface area contributed by atoms with Gasteiger partial charge in [0.1, 0.15) is 5.78 Å². The zero-order chi connectivity index (χ0) is 9.02. The molecule has 0 bridgehead atoms. The molecule has 0 radical (unpaired) electrons. The van der Waals surface area contributed by atoms with Gasteiger partial charge >= 0.3 is 0 Å². The third kappa shape index (κ3) is 4.14. The molecule has 0 aromatic rings. The molecule has 0 aromatic heterocycles. The van der Waals surface area contributed by atoms with Crippen LogP contribution in [0.15, 0.2) is 0 Å². The van der Waals surface area contributed by atoms with E-state index in [2.05, 4.69) is 13.8 Å². The first kappa shape index (κ1) is 10.6. The molecule has 2 heteroatoms. The molecule has 0 aromatic carbocycles. The molecule has 0 saturated heterocycles. The van der Waals surface area contributed by atoms with Gasteiger partial charge in [-0.1, -0.05) is 13.8 Å². The Kier molecular flexibility index (Phi) is 4.34. The van der Waals surface area contributed by atoms with Crippen LogP contribution >= 0.6 is 0 Å². The number of rotatable bonds is 4. The van der Waals surface area contributed by atoms with Crippen LogP contribution in [0.1, 0.15) is 27.2 Å². The smallest absolute Gasteiger partial charge is 0.149 e. The minimum absolute atomic E-state index is 0.0670. The average Bonchev–Trinajstić information content (AvgIpc) is 1.84. The van der Waals surface area contributed by atoms with Crippen LogP contribution in [0.3, 0.4) is 0 Å². The van der Waals surface area contributed by atoms with Gasteiger partial charge in [-0.2, -0.15) is 0 Å². The summed E-state index contributed by atoms with van der Waals surface area (Å²) >= 11 is 0. The summed E-state index contributed by atoms with van der Waals surface area (Å²) in [6.45, 7) is 6.09. The van der Waals surface area contributed by atoms with Crippen molar-refractivity contribution in [2.45, 2.75) is 33.2 Å². The first-order chi connectivity index (χ1) is 4.95. The topological polar surface area (TPSA) is 20.3 Å². The molecule has 0 saturated carbocycles. The van der Waals surface area contributed by atoms with Gasteiger partial charge in [0.25, 0.3) is 0 Å². The van der Waals surface area contributed by atoms with Crippen LogP contribution in [0.5, 0.6) is 0 Å². The normalized spacial score (nSPS) is 14.1. The van der Waals surface area contributed by atoms with Crippen LogP contribution in [0.25, 0.3) is 0 Å². The molecule has 0 rings (SSSR count). The van der Waals surface area contributed by atoms with Crippen molar-refractivity contribution in [3.63, 3.8) is 0 Å². The highest BCUT2D eigenvalue weighted by molar-refractivity contribution is 5.83. The molecule has 0 heterocycles. The van der Waals surface area contributed by atoms with Crippen LogP contribution < -0.4 is 0 Å². The van der Waals surface area contributed by atoms with Crippen molar-refractivity contribution in [3.8, 4) is 0 Å². The van der Waals surface area contributed by atoms with Gasteiger partial charge in [-0.05, 0) is 26.9 Å². The highest BCUT2D eigenvalue weighted by Gasteiger charge is 2.15. The fourth-order valence-electron chi connectivity index (χ4n) is 0.861. The summed E-state index contributed by atoms with van der Waals surface area (Å²) in [6.07, 6.45) is 0.694. The third-order valence-electron chi connectivity index (χ3n) is 1.85. The van der Waals surface area contributed by atoms with Crippen LogP contribution in [-0.4, -0.2) is 30.8 Å². The van der Waals surface area contributed by atoms with E-state index in [0.29, 0.717) is 18.1 Å². The Morgan fingerprint density at radius 3 is 2.00 bits per heavy atom. The Balaban J connectivity index is 3.83. The molecule has 0 N–H and O–H groups in total. The molecule has 1 atom stereocenters. The number of Topliss-reactive ketones (excluding diaryl/α,β-unsaturated/α-hetero) is 1. The zero-order valence-electron chi connectivity index (χ0n) is 8.22. The summed E-state index contributed by atoms with van der Waals surface area (Å²) in [5.74, 6) is 0.815. The monoisotopic (exact) mass is 157 g/mol. The molecule has 0 spiro atoms. The summed E-state index contributed by atoms with van der Waals surface area (Å²) in [6, 6.07) is 0.0670. The van der Waals surface area contributed by atoms with Gasteiger partial charge < -0.3 is 0 Å². The Bertz CT molecular complexity index is 130. The maximum Gasteiger partial charge on any atom is 0.149 e. The Hall–Kier alpha value is -0.370. The van der Waals surface area contributed by atoms with Gasteiger partial charge in [0.2, 0.25) is 0 Å². The summed E-state index contributed by atoms with van der Waals surface area (Å²) in [5, 5.41) is 0. The van der Waals surface area contributed by atoms with Crippen LogP contribution in [0.4, 0.5) is 0 Å². The Morgan fingerprint density at radius 1 is 1.27 bits per heavy atom. The van der Waals surface area contributed by atoms with Gasteiger partial charge in [-0.25, -0.2) is 0 Å². The molecular formula is C9H19NO. The van der Waals surface area contributed by atoms with E-state index >= 15 is 0 Å². The number of hydrogen-bond acceptors (Lipinski definition) is 2. The van der Waals surface area contributed by atoms with Gasteiger partial charge in [0.15, 0.2) is 0 Å². The van der Waals surface area contributed by atoms with Crippen LogP contribution in [0.2, 0.25) is 0 Å². The van der Waals surface area contributed by atoms with E-state index in [1.807, 2.05) is 25.9 Å². The second kappa shape index (κ2) is 4.50. The minimum atomic E-state index is 0.0670. The van der Waals surface area contributed by atoms with E-state index in [-0.39, 0.29) is 6.04 Å². The van der Waals surface area contributed by atoms with Crippen molar-refractivity contribution in [3.05, 3.63) is 0 Å². The Morgan fingerprint density at radius 2 is 1.73 bits per heavy atom. The zero-order valence-corrected chi connectivity index (χ0v) is 8.22. The fourth-order valence-corrected chi connectivity index (χ4v) is 0.861. The maximum absolute atomic E-state index is 11.4. The number of carbonyl (C=O) groups excluding carboxylic acids is 1. The Labute approximate surface area is 69.6 Å². The van der Waals surface area contributed by atoms with E-state index in [9.17, 15) is 4.79 Å². The third-order valence-corrected chi connectivity index (χ3v) is 1.85. The molecule has 1 unspecified atom stereocenters. The van der Waals surface area contributed by atoms with Crippen molar-refractivity contribution in [1.29, 1.82) is 0 Å². The second-order valence-electron chi connectivity index (χ2n) is 3.70. The van der Waals surface area contributed by atoms with Crippen LogP contribution in [0, 0.1) is 5.92 Å². The van der Waals surface area contributed by atoms with E-state index < -0.39 is 0 Å². The first-order valence-corrected chi connectivity index (χ1v) is 4.14. The molecule has 66 valence electrons. The van der Waals surface area contributed by atoms with Crippen molar-refractivity contribution >= 4 is 5.78 Å². The average molecular weight is 157 g/mol. The lowest BCUT2D eigenvalue weighted by Gasteiger charge is -2.18. The first-order valence-electron chi connectivity index (χ1n) is 4.14. The van der Waals surface area contributed by atoms with Gasteiger partial charge in [0.05, 0.1) is 6.04 Å². The number of nitrogens with zero attached hydrogens (tertiary/aromatic N) is 1. The summed E-state index contributed by atoms with van der Waals surface area (Å²) in [5.41, 5.74) is 0. The lowest BCUT2D eigenvalue weighted by atomic mass is 10.0. The fraction of sp³-hybridized carbons (Fsp3) is 0.889. The molecule has 0 fully saturated rings. The minimum Gasteiger partial charge on any atom is -0.300 e. The quantitative estimate of drug-likeness (QED) is 0.617. The predicted molar refractivity (Wildman–Crippen MR) is 47.6 cm³/mol. The highest BCUT2D eigenvalue weighted by Crippen LogP contribution is 2.05. The lowest BCUT2D eigenvalue weighted by molar-refractivity contribution is -0.123. The van der Waals surface area contributed by atoms with E-state index in [0.717, 1.165) is 0 Å². The molecule has 11 heavy (non-hydrogen) atoms. The maximum atomic E-state index is 11.4. The molecule has 0 amide bonds. The van der Waals surface area contributed by atoms with Crippen molar-refractivity contribution in [2.75, 3.05) is 14.1 Å². The summed E-state index contributed by atoms with van der Waals surface area (Å²) in [4.78, 5) is 13.3. The SMILES string of the molecule is CC(C)CC(=O)C(C)N(C)C. The molecular weight excluding hydrogens is 138 g/mol. The van der Waals surface area contributed by atoms with Crippen molar-refractivity contribution in [1.82, 2.24) is 4.90 Å². The van der Waals surface area contributed by atoms with Gasteiger partial charge in [-0.15, -0.1) is 0 Å². The van der Waals surface area contributed by atoms with Crippen molar-refractivity contribution in [2.24, 2.45) is 5.92 Å². The number of likely N-dealkylation sites (N-methyl/N-ethyl adjacent to an activating group) is 1. The number of carbonyl (C=O) groups is 1. The summed E-state index contributed by atoms with van der Waals surface area (Å²) in [7, 11) is 3.87. The van der Waals surface area contributed by atoms with Gasteiger partial charge in [0, 0.05) is 6.42 Å². The predicted octanol–water partition coefficient (Wildman–Crippen LogP) is 1.55. The molecule has 2 nitrogen and oxygen atoms in total. The second-order valence-corrected chi connectivity index (χ2v) is 3.70. The van der Waals surface area contributed by atoms with Crippen LogP contribution in [-0.2, 0) is 4.79 Å². The largest absolute Gasteiger partial charge is 0.300 e. The van der Waals surface area contributed by atoms with E-state index in [1.165, 1.54) is 0 Å². The molecule has 0 aliphatic carbocycles. The lowest BCUT2D eigenvalue weighted by Crippen LogP contribution is -2.33. The number of hydrogen-bond donors (Lipinski definition) is 0. The molecule has 0 aliphatic heterocycles. The van der Waals surface area contributed by atoms with Crippen molar-refractivity contribution < 1.29 is 4.79 Å². The van der Waals surface area contributed by atoms with Gasteiger partial charge in [-0.3, -0.25) is 9.69 Å². The number of ketones is 1. The summed E-state index contributed by atoms with van der Waals surface area (Å²) < 4.78 is 0.